The van der Waals surface area contributed by atoms with Crippen molar-refractivity contribution in [3.63, 3.8) is 0 Å². The van der Waals surface area contributed by atoms with Gasteiger partial charge in [-0.3, -0.25) is 0 Å². The summed E-state index contributed by atoms with van der Waals surface area (Å²) in [5, 5.41) is 10.7. The van der Waals surface area contributed by atoms with Crippen LogP contribution in [0.1, 0.15) is 48.0 Å². The van der Waals surface area contributed by atoms with Crippen molar-refractivity contribution < 1.29 is 19.0 Å². The summed E-state index contributed by atoms with van der Waals surface area (Å²) in [6.07, 6.45) is 0.0179. The standard InChI is InChI=1S/C15H30O4Si/c1-13(2,3)20(7,8)19-10-9-15(6,16)12-11(10)17-14(4,5)18-12/h10-12,16H,9H2,1-8H3/t10-,11+,12+,15-/m1/s1. The van der Waals surface area contributed by atoms with Crippen LogP contribution in [-0.4, -0.2) is 43.1 Å². The summed E-state index contributed by atoms with van der Waals surface area (Å²) in [7, 11) is -1.89. The van der Waals surface area contributed by atoms with Crippen LogP contribution in [0.2, 0.25) is 18.1 Å². The first-order valence-electron chi connectivity index (χ1n) is 7.51. The van der Waals surface area contributed by atoms with Gasteiger partial charge in [-0.1, -0.05) is 20.8 Å². The molecule has 0 aromatic heterocycles. The van der Waals surface area contributed by atoms with Gasteiger partial charge >= 0.3 is 0 Å². The number of rotatable bonds is 2. The number of aliphatic hydroxyl groups is 1. The molecular formula is C15H30O4Si. The average Bonchev–Trinajstić information content (AvgIpc) is 2.60. The highest BCUT2D eigenvalue weighted by atomic mass is 28.4. The summed E-state index contributed by atoms with van der Waals surface area (Å²) >= 11 is 0. The van der Waals surface area contributed by atoms with Crippen LogP contribution in [0.4, 0.5) is 0 Å². The Morgan fingerprint density at radius 1 is 1.15 bits per heavy atom. The first kappa shape index (κ1) is 16.4. The molecule has 0 amide bonds. The highest BCUT2D eigenvalue weighted by molar-refractivity contribution is 6.74. The summed E-state index contributed by atoms with van der Waals surface area (Å²) in [4.78, 5) is 0. The molecule has 1 aliphatic heterocycles. The Morgan fingerprint density at radius 3 is 2.20 bits per heavy atom. The largest absolute Gasteiger partial charge is 0.411 e. The van der Waals surface area contributed by atoms with Crippen LogP contribution in [0.25, 0.3) is 0 Å². The van der Waals surface area contributed by atoms with Gasteiger partial charge in [0.05, 0.1) is 11.7 Å². The molecule has 20 heavy (non-hydrogen) atoms. The Bertz CT molecular complexity index is 384. The third kappa shape index (κ3) is 2.83. The van der Waals surface area contributed by atoms with Crippen molar-refractivity contribution in [1.82, 2.24) is 0 Å². The lowest BCUT2D eigenvalue weighted by molar-refractivity contribution is -0.183. The Kier molecular flexibility index (Phi) is 3.72. The molecule has 1 heterocycles. The zero-order chi connectivity index (χ0) is 15.6. The van der Waals surface area contributed by atoms with Crippen molar-refractivity contribution in [1.29, 1.82) is 0 Å². The predicted molar refractivity (Wildman–Crippen MR) is 81.1 cm³/mol. The Labute approximate surface area is 123 Å². The molecule has 0 radical (unpaired) electrons. The van der Waals surface area contributed by atoms with Crippen LogP contribution in [-0.2, 0) is 13.9 Å². The molecule has 5 heteroatoms. The topological polar surface area (TPSA) is 47.9 Å². The summed E-state index contributed by atoms with van der Waals surface area (Å²) < 4.78 is 18.4. The van der Waals surface area contributed by atoms with Crippen LogP contribution in [0.15, 0.2) is 0 Å². The van der Waals surface area contributed by atoms with E-state index in [-0.39, 0.29) is 23.4 Å². The minimum atomic E-state index is -1.89. The summed E-state index contributed by atoms with van der Waals surface area (Å²) in [5.41, 5.74) is -0.883. The molecule has 1 aliphatic carbocycles. The van der Waals surface area contributed by atoms with E-state index in [4.69, 9.17) is 13.9 Å². The van der Waals surface area contributed by atoms with E-state index in [1.807, 2.05) is 20.8 Å². The smallest absolute Gasteiger partial charge is 0.192 e. The third-order valence-electron chi connectivity index (χ3n) is 4.98. The molecule has 1 saturated carbocycles. The predicted octanol–water partition coefficient (Wildman–Crippen LogP) is 3.05. The summed E-state index contributed by atoms with van der Waals surface area (Å²) in [6, 6.07) is 0. The van der Waals surface area contributed by atoms with Gasteiger partial charge in [0.2, 0.25) is 0 Å². The number of ether oxygens (including phenoxy) is 2. The van der Waals surface area contributed by atoms with Crippen LogP contribution in [0.3, 0.4) is 0 Å². The second-order valence-corrected chi connectivity index (χ2v) is 13.3. The first-order valence-corrected chi connectivity index (χ1v) is 10.4. The molecule has 0 bridgehead atoms. The maximum absolute atomic E-state index is 10.6. The van der Waals surface area contributed by atoms with E-state index in [0.717, 1.165) is 0 Å². The van der Waals surface area contributed by atoms with Gasteiger partial charge in [-0.25, -0.2) is 0 Å². The van der Waals surface area contributed by atoms with Gasteiger partial charge in [0, 0.05) is 6.42 Å². The van der Waals surface area contributed by atoms with Gasteiger partial charge in [-0.05, 0) is 38.9 Å². The molecule has 0 spiro atoms. The van der Waals surface area contributed by atoms with Gasteiger partial charge in [0.1, 0.15) is 12.2 Å². The minimum Gasteiger partial charge on any atom is -0.411 e. The van der Waals surface area contributed by atoms with Crippen molar-refractivity contribution in [2.24, 2.45) is 0 Å². The van der Waals surface area contributed by atoms with Crippen molar-refractivity contribution in [3.8, 4) is 0 Å². The quantitative estimate of drug-likeness (QED) is 0.797. The van der Waals surface area contributed by atoms with E-state index < -0.39 is 19.7 Å². The summed E-state index contributed by atoms with van der Waals surface area (Å²) in [5.74, 6) is -0.644. The molecule has 1 saturated heterocycles. The molecule has 2 fully saturated rings. The SMILES string of the molecule is CC1(C)O[C@H]2[C@H](O[Si](C)(C)C(C)(C)C)C[C@@](C)(O)[C@H]2O1. The van der Waals surface area contributed by atoms with Gasteiger partial charge in [-0.2, -0.15) is 0 Å². The molecule has 2 aliphatic rings. The normalized spacial score (nSPS) is 41.0. The zero-order valence-corrected chi connectivity index (χ0v) is 15.1. The lowest BCUT2D eigenvalue weighted by Gasteiger charge is -2.39. The summed E-state index contributed by atoms with van der Waals surface area (Å²) in [6.45, 7) is 16.7. The van der Waals surface area contributed by atoms with E-state index in [0.29, 0.717) is 6.42 Å². The van der Waals surface area contributed by atoms with Crippen LogP contribution >= 0.6 is 0 Å². The third-order valence-corrected chi connectivity index (χ3v) is 9.48. The van der Waals surface area contributed by atoms with E-state index >= 15 is 0 Å². The Morgan fingerprint density at radius 2 is 1.70 bits per heavy atom. The van der Waals surface area contributed by atoms with E-state index in [1.54, 1.807) is 0 Å². The van der Waals surface area contributed by atoms with E-state index in [2.05, 4.69) is 33.9 Å². The van der Waals surface area contributed by atoms with Crippen molar-refractivity contribution >= 4 is 8.32 Å². The molecule has 4 atom stereocenters. The molecule has 4 nitrogen and oxygen atoms in total. The average molecular weight is 302 g/mol. The molecule has 118 valence electrons. The van der Waals surface area contributed by atoms with Crippen molar-refractivity contribution in [2.45, 2.75) is 95.8 Å². The molecule has 1 N–H and O–H groups in total. The van der Waals surface area contributed by atoms with Gasteiger partial charge < -0.3 is 19.0 Å². The fraction of sp³-hybridized carbons (Fsp3) is 1.00. The minimum absolute atomic E-state index is 0.0855. The van der Waals surface area contributed by atoms with Crippen LogP contribution in [0, 0.1) is 0 Å². The Hall–Kier alpha value is 0.0569. The highest BCUT2D eigenvalue weighted by Gasteiger charge is 2.60. The fourth-order valence-corrected chi connectivity index (χ4v) is 4.17. The zero-order valence-electron chi connectivity index (χ0n) is 14.1. The molecule has 0 unspecified atom stereocenters. The van der Waals surface area contributed by atoms with Gasteiger partial charge in [0.25, 0.3) is 0 Å². The van der Waals surface area contributed by atoms with Gasteiger partial charge in [0.15, 0.2) is 14.1 Å². The molecule has 2 rings (SSSR count). The lowest BCUT2D eigenvalue weighted by Crippen LogP contribution is -2.46. The number of fused-ring (bicyclic) bond motifs is 1. The van der Waals surface area contributed by atoms with E-state index in [9.17, 15) is 5.11 Å². The Balaban J connectivity index is 2.18. The second-order valence-electron chi connectivity index (χ2n) is 8.50. The number of hydrogen-bond donors (Lipinski definition) is 1. The molecular weight excluding hydrogens is 272 g/mol. The van der Waals surface area contributed by atoms with Crippen molar-refractivity contribution in [3.05, 3.63) is 0 Å². The fourth-order valence-electron chi connectivity index (χ4n) is 2.85. The monoisotopic (exact) mass is 302 g/mol. The van der Waals surface area contributed by atoms with Crippen LogP contribution in [0.5, 0.6) is 0 Å². The lowest BCUT2D eigenvalue weighted by atomic mass is 10.0. The second kappa shape index (κ2) is 4.52. The maximum Gasteiger partial charge on any atom is 0.192 e. The first-order chi connectivity index (χ1) is 8.75. The highest BCUT2D eigenvalue weighted by Crippen LogP contribution is 2.47. The van der Waals surface area contributed by atoms with Crippen LogP contribution < -0.4 is 0 Å². The molecule has 0 aromatic rings. The number of hydrogen-bond acceptors (Lipinski definition) is 4. The van der Waals surface area contributed by atoms with E-state index in [1.165, 1.54) is 0 Å². The van der Waals surface area contributed by atoms with Crippen molar-refractivity contribution in [2.75, 3.05) is 0 Å². The molecule has 0 aromatic carbocycles. The van der Waals surface area contributed by atoms with Gasteiger partial charge in [-0.15, -0.1) is 0 Å². The maximum atomic E-state index is 10.6.